The van der Waals surface area contributed by atoms with E-state index < -0.39 is 0 Å². The van der Waals surface area contributed by atoms with Crippen LogP contribution < -0.4 is 16.3 Å². The summed E-state index contributed by atoms with van der Waals surface area (Å²) in [5, 5.41) is 12.6. The van der Waals surface area contributed by atoms with E-state index in [4.69, 9.17) is 12.2 Å². The third-order valence-electron chi connectivity index (χ3n) is 1.72. The maximum absolute atomic E-state index is 11.0. The fourth-order valence-corrected chi connectivity index (χ4v) is 1.14. The van der Waals surface area contributed by atoms with Crippen LogP contribution in [0, 0.1) is 0 Å². The lowest BCUT2D eigenvalue weighted by Crippen LogP contribution is -2.35. The highest BCUT2D eigenvalue weighted by Crippen LogP contribution is 1.85. The topological polar surface area (TPSA) is 74.7 Å². The summed E-state index contributed by atoms with van der Waals surface area (Å²) >= 11 is 4.95. The number of thiocarbonyl (C=S) groups is 1. The van der Waals surface area contributed by atoms with Gasteiger partial charge >= 0.3 is 5.69 Å². The van der Waals surface area contributed by atoms with Crippen LogP contribution in [0.4, 0.5) is 0 Å². The summed E-state index contributed by atoms with van der Waals surface area (Å²) in [5.74, 6) is 0.621. The van der Waals surface area contributed by atoms with Crippen molar-refractivity contribution in [1.29, 1.82) is 0 Å². The molecule has 7 heteroatoms. The second kappa shape index (κ2) is 4.75. The van der Waals surface area contributed by atoms with Crippen LogP contribution in [0.3, 0.4) is 0 Å². The van der Waals surface area contributed by atoms with Crippen LogP contribution in [0.1, 0.15) is 12.7 Å². The van der Waals surface area contributed by atoms with Crippen molar-refractivity contribution in [2.75, 3.05) is 6.54 Å². The van der Waals surface area contributed by atoms with Crippen LogP contribution in [-0.2, 0) is 13.6 Å². The first-order chi connectivity index (χ1) is 6.65. The molecule has 0 atom stereocenters. The van der Waals surface area contributed by atoms with E-state index in [1.54, 1.807) is 7.05 Å². The lowest BCUT2D eigenvalue weighted by atomic mass is 10.6. The van der Waals surface area contributed by atoms with Gasteiger partial charge in [-0.3, -0.25) is 4.57 Å². The molecular formula is C7H13N5OS. The molecule has 0 saturated heterocycles. The van der Waals surface area contributed by atoms with Gasteiger partial charge in [0.15, 0.2) is 10.9 Å². The molecular weight excluding hydrogens is 202 g/mol. The summed E-state index contributed by atoms with van der Waals surface area (Å²) in [6.07, 6.45) is 0. The molecule has 6 nitrogen and oxygen atoms in total. The molecule has 0 amide bonds. The molecule has 78 valence electrons. The summed E-state index contributed by atoms with van der Waals surface area (Å²) in [6, 6.07) is 0. The smallest absolute Gasteiger partial charge is 0.343 e. The minimum Gasteiger partial charge on any atom is -0.363 e. The van der Waals surface area contributed by atoms with Crippen molar-refractivity contribution in [2.45, 2.75) is 13.5 Å². The molecule has 0 bridgehead atoms. The summed E-state index contributed by atoms with van der Waals surface area (Å²) in [6.45, 7) is 3.16. The average Bonchev–Trinajstić information content (AvgIpc) is 2.46. The van der Waals surface area contributed by atoms with Crippen molar-refractivity contribution in [3.8, 4) is 0 Å². The Kier molecular flexibility index (Phi) is 3.63. The SMILES string of the molecule is CCNC(=S)NCc1n[nH]c(=O)n1C. The molecule has 0 aliphatic carbocycles. The predicted octanol–water partition coefficient (Wildman–Crippen LogP) is -0.908. The quantitative estimate of drug-likeness (QED) is 0.569. The van der Waals surface area contributed by atoms with Gasteiger partial charge in [0.2, 0.25) is 0 Å². The minimum absolute atomic E-state index is 0.226. The van der Waals surface area contributed by atoms with E-state index in [1.165, 1.54) is 4.57 Å². The molecule has 14 heavy (non-hydrogen) atoms. The highest BCUT2D eigenvalue weighted by Gasteiger charge is 2.03. The first-order valence-electron chi connectivity index (χ1n) is 4.27. The van der Waals surface area contributed by atoms with E-state index in [-0.39, 0.29) is 5.69 Å². The minimum atomic E-state index is -0.226. The van der Waals surface area contributed by atoms with Crippen LogP contribution in [0.15, 0.2) is 4.79 Å². The molecule has 1 heterocycles. The van der Waals surface area contributed by atoms with Gasteiger partial charge < -0.3 is 10.6 Å². The maximum atomic E-state index is 11.0. The van der Waals surface area contributed by atoms with Crippen molar-refractivity contribution in [2.24, 2.45) is 7.05 Å². The van der Waals surface area contributed by atoms with Gasteiger partial charge in [-0.15, -0.1) is 0 Å². The van der Waals surface area contributed by atoms with E-state index in [0.717, 1.165) is 6.54 Å². The third kappa shape index (κ3) is 2.56. The Bertz CT molecular complexity index is 368. The summed E-state index contributed by atoms with van der Waals surface area (Å²) in [7, 11) is 1.65. The normalized spacial score (nSPS) is 9.86. The van der Waals surface area contributed by atoms with E-state index in [9.17, 15) is 4.79 Å². The van der Waals surface area contributed by atoms with E-state index >= 15 is 0 Å². The van der Waals surface area contributed by atoms with Gasteiger partial charge in [-0.05, 0) is 19.1 Å². The van der Waals surface area contributed by atoms with E-state index in [0.29, 0.717) is 17.5 Å². The lowest BCUT2D eigenvalue weighted by Gasteiger charge is -2.07. The molecule has 0 radical (unpaired) electrons. The Morgan fingerprint density at radius 2 is 2.36 bits per heavy atom. The molecule has 0 spiro atoms. The number of rotatable bonds is 3. The van der Waals surface area contributed by atoms with Crippen LogP contribution in [0.25, 0.3) is 0 Å². The number of H-pyrrole nitrogens is 1. The Labute approximate surface area is 86.7 Å². The van der Waals surface area contributed by atoms with Crippen molar-refractivity contribution >= 4 is 17.3 Å². The van der Waals surface area contributed by atoms with Gasteiger partial charge in [0.25, 0.3) is 0 Å². The average molecular weight is 215 g/mol. The number of hydrogen-bond donors (Lipinski definition) is 3. The first kappa shape index (κ1) is 10.7. The fourth-order valence-electron chi connectivity index (χ4n) is 0.920. The number of hydrogen-bond acceptors (Lipinski definition) is 3. The molecule has 0 aliphatic heterocycles. The highest BCUT2D eigenvalue weighted by atomic mass is 32.1. The summed E-state index contributed by atoms with van der Waals surface area (Å²) in [4.78, 5) is 11.0. The zero-order chi connectivity index (χ0) is 10.6. The molecule has 3 N–H and O–H groups in total. The standard InChI is InChI=1S/C7H13N5OS/c1-3-8-6(14)9-4-5-10-11-7(13)12(5)2/h3-4H2,1-2H3,(H,11,13)(H2,8,9,14). The molecule has 0 unspecified atom stereocenters. The number of aromatic amines is 1. The molecule has 0 aliphatic rings. The van der Waals surface area contributed by atoms with Gasteiger partial charge in [-0.1, -0.05) is 0 Å². The van der Waals surface area contributed by atoms with Gasteiger partial charge in [0.1, 0.15) is 0 Å². The second-order valence-electron chi connectivity index (χ2n) is 2.72. The van der Waals surface area contributed by atoms with Crippen molar-refractivity contribution in [3.05, 3.63) is 16.3 Å². The zero-order valence-electron chi connectivity index (χ0n) is 8.13. The van der Waals surface area contributed by atoms with Gasteiger partial charge in [0, 0.05) is 13.6 Å². The Morgan fingerprint density at radius 3 is 2.86 bits per heavy atom. The molecule has 0 saturated carbocycles. The van der Waals surface area contributed by atoms with Crippen LogP contribution in [0.5, 0.6) is 0 Å². The van der Waals surface area contributed by atoms with Gasteiger partial charge in [-0.25, -0.2) is 9.89 Å². The molecule has 0 fully saturated rings. The predicted molar refractivity (Wildman–Crippen MR) is 56.9 cm³/mol. The van der Waals surface area contributed by atoms with E-state index in [1.807, 2.05) is 6.92 Å². The second-order valence-corrected chi connectivity index (χ2v) is 3.13. The Balaban J connectivity index is 2.50. The monoisotopic (exact) mass is 215 g/mol. The number of aromatic nitrogens is 3. The first-order valence-corrected chi connectivity index (χ1v) is 4.68. The summed E-state index contributed by atoms with van der Waals surface area (Å²) < 4.78 is 1.43. The van der Waals surface area contributed by atoms with E-state index in [2.05, 4.69) is 20.8 Å². The molecule has 1 aromatic heterocycles. The highest BCUT2D eigenvalue weighted by molar-refractivity contribution is 7.80. The van der Waals surface area contributed by atoms with Crippen molar-refractivity contribution in [1.82, 2.24) is 25.4 Å². The van der Waals surface area contributed by atoms with Gasteiger partial charge in [0.05, 0.1) is 6.54 Å². The maximum Gasteiger partial charge on any atom is 0.343 e. The van der Waals surface area contributed by atoms with Crippen molar-refractivity contribution in [3.63, 3.8) is 0 Å². The fraction of sp³-hybridized carbons (Fsp3) is 0.571. The Hall–Kier alpha value is -1.37. The van der Waals surface area contributed by atoms with Crippen molar-refractivity contribution < 1.29 is 0 Å². The lowest BCUT2D eigenvalue weighted by molar-refractivity contribution is 0.728. The Morgan fingerprint density at radius 1 is 1.64 bits per heavy atom. The van der Waals surface area contributed by atoms with Crippen LogP contribution in [0.2, 0.25) is 0 Å². The summed E-state index contributed by atoms with van der Waals surface area (Å²) in [5.41, 5.74) is -0.226. The molecule has 1 rings (SSSR count). The zero-order valence-corrected chi connectivity index (χ0v) is 8.94. The molecule has 1 aromatic rings. The number of nitrogens with zero attached hydrogens (tertiary/aromatic N) is 2. The number of nitrogens with one attached hydrogen (secondary N) is 3. The largest absolute Gasteiger partial charge is 0.363 e. The third-order valence-corrected chi connectivity index (χ3v) is 2.01. The molecule has 0 aromatic carbocycles. The van der Waals surface area contributed by atoms with Gasteiger partial charge in [-0.2, -0.15) is 5.10 Å². The van der Waals surface area contributed by atoms with Crippen LogP contribution in [-0.4, -0.2) is 26.4 Å². The van der Waals surface area contributed by atoms with Crippen LogP contribution >= 0.6 is 12.2 Å².